The molecule has 0 amide bonds. The molecule has 0 heterocycles. The second-order valence-electron chi connectivity index (χ2n) is 2.43. The smallest absolute Gasteiger partial charge is 0.0860 e. The van der Waals surface area contributed by atoms with Crippen LogP contribution in [-0.4, -0.2) is 37.3 Å². The third kappa shape index (κ3) is 5.42. The largest absolute Gasteiger partial charge is 0.390 e. The van der Waals surface area contributed by atoms with E-state index >= 15 is 0 Å². The highest BCUT2D eigenvalue weighted by Gasteiger charge is 1.97. The molecule has 4 nitrogen and oxygen atoms in total. The number of likely N-dealkylation sites (N-methyl/N-ethyl adjacent to an activating group) is 1. The molecule has 0 spiro atoms. The number of hydrogen-bond donors (Lipinski definition) is 3. The molecule has 0 aromatic carbocycles. The Hall–Kier alpha value is -1.23. The molecule has 0 aliphatic rings. The topological polar surface area (TPSA) is 63.0 Å². The van der Waals surface area contributed by atoms with Gasteiger partial charge in [0.1, 0.15) is 0 Å². The molecule has 0 bridgehead atoms. The van der Waals surface area contributed by atoms with Crippen molar-refractivity contribution in [3.8, 4) is 0 Å². The quantitative estimate of drug-likeness (QED) is 0.442. The van der Waals surface area contributed by atoms with Gasteiger partial charge in [0.25, 0.3) is 0 Å². The molecule has 0 aliphatic heterocycles. The van der Waals surface area contributed by atoms with Gasteiger partial charge in [0.15, 0.2) is 0 Å². The van der Waals surface area contributed by atoms with Gasteiger partial charge < -0.3 is 15.6 Å². The zero-order valence-corrected chi connectivity index (χ0v) is 9.27. The van der Waals surface area contributed by atoms with E-state index in [0.29, 0.717) is 6.54 Å². The van der Waals surface area contributed by atoms with Gasteiger partial charge in [-0.3, -0.25) is 5.41 Å². The van der Waals surface area contributed by atoms with E-state index in [2.05, 4.69) is 5.32 Å². The van der Waals surface area contributed by atoms with Crippen LogP contribution in [-0.2, 0) is 0 Å². The van der Waals surface area contributed by atoms with E-state index in [-0.39, 0.29) is 0 Å². The number of nitrogens with one attached hydrogen (secondary N) is 3. The first-order chi connectivity index (χ1) is 6.78. The van der Waals surface area contributed by atoms with E-state index in [1.54, 1.807) is 29.8 Å². The summed E-state index contributed by atoms with van der Waals surface area (Å²) in [5.74, 6) is 0. The molecule has 0 atom stereocenters. The number of nitrogens with zero attached hydrogens (tertiary/aromatic N) is 1. The molecule has 5 heteroatoms. The van der Waals surface area contributed by atoms with E-state index in [0.717, 1.165) is 5.70 Å². The average molecular weight is 212 g/mol. The molecule has 0 aliphatic carbocycles. The zero-order valence-electron chi connectivity index (χ0n) is 8.45. The summed E-state index contributed by atoms with van der Waals surface area (Å²) in [6.45, 7) is 0.576. The number of hydrogen-bond acceptors (Lipinski definition) is 4. The third-order valence-electron chi connectivity index (χ3n) is 1.51. The van der Waals surface area contributed by atoms with Gasteiger partial charge in [-0.1, -0.05) is 0 Å². The van der Waals surface area contributed by atoms with E-state index in [4.69, 9.17) is 10.8 Å². The lowest BCUT2D eigenvalue weighted by Gasteiger charge is -2.15. The third-order valence-corrected chi connectivity index (χ3v) is 1.91. The minimum Gasteiger partial charge on any atom is -0.390 e. The van der Waals surface area contributed by atoms with Gasteiger partial charge in [0.05, 0.1) is 12.9 Å². The van der Waals surface area contributed by atoms with E-state index in [1.165, 1.54) is 12.6 Å². The van der Waals surface area contributed by atoms with Crippen molar-refractivity contribution in [2.24, 2.45) is 0 Å². The molecule has 0 aromatic heterocycles. The highest BCUT2D eigenvalue weighted by Crippen LogP contribution is 1.98. The van der Waals surface area contributed by atoms with Crippen molar-refractivity contribution in [3.05, 3.63) is 23.4 Å². The minimum atomic E-state index is 0.576. The van der Waals surface area contributed by atoms with Crippen LogP contribution in [0.4, 0.5) is 0 Å². The van der Waals surface area contributed by atoms with Gasteiger partial charge in [-0.2, -0.15) is 0 Å². The van der Waals surface area contributed by atoms with Crippen molar-refractivity contribution in [1.29, 1.82) is 10.8 Å². The molecule has 14 heavy (non-hydrogen) atoms. The molecule has 78 valence electrons. The predicted octanol–water partition coefficient (Wildman–Crippen LogP) is 1.48. The SMILES string of the molecule is CN/C(=C\C=N)CN(C=N)/C=C\SC. The maximum absolute atomic E-state index is 7.17. The van der Waals surface area contributed by atoms with E-state index < -0.39 is 0 Å². The summed E-state index contributed by atoms with van der Waals surface area (Å²) in [5.41, 5.74) is 0.897. The second kappa shape index (κ2) is 8.37. The van der Waals surface area contributed by atoms with Gasteiger partial charge in [-0.25, -0.2) is 0 Å². The van der Waals surface area contributed by atoms with Crippen LogP contribution in [0, 0.1) is 10.8 Å². The Morgan fingerprint density at radius 2 is 2.21 bits per heavy atom. The zero-order chi connectivity index (χ0) is 10.8. The number of rotatable bonds is 7. The Bertz CT molecular complexity index is 235. The monoisotopic (exact) mass is 212 g/mol. The van der Waals surface area contributed by atoms with E-state index in [9.17, 15) is 0 Å². The van der Waals surface area contributed by atoms with Crippen molar-refractivity contribution >= 4 is 24.3 Å². The Morgan fingerprint density at radius 3 is 2.64 bits per heavy atom. The fourth-order valence-electron chi connectivity index (χ4n) is 0.793. The number of thioether (sulfide) groups is 1. The standard InChI is InChI=1S/C9H16N4S/c1-12-9(3-4-10)7-13(8-11)5-6-14-2/h3-6,8,10-12H,7H2,1-2H3/b6-5-,9-3-,10-4?,11-8?. The summed E-state index contributed by atoms with van der Waals surface area (Å²) in [7, 11) is 1.80. The maximum atomic E-state index is 7.17. The van der Waals surface area contributed by atoms with Gasteiger partial charge in [0, 0.05) is 25.2 Å². The van der Waals surface area contributed by atoms with Crippen LogP contribution in [0.3, 0.4) is 0 Å². The second-order valence-corrected chi connectivity index (χ2v) is 3.17. The van der Waals surface area contributed by atoms with Crippen LogP contribution in [0.2, 0.25) is 0 Å². The van der Waals surface area contributed by atoms with Crippen LogP contribution in [0.15, 0.2) is 23.4 Å². The first kappa shape index (κ1) is 12.8. The summed E-state index contributed by atoms with van der Waals surface area (Å²) in [6, 6.07) is 0. The molecule has 0 saturated carbocycles. The number of allylic oxidation sites excluding steroid dienone is 1. The average Bonchev–Trinajstić information content (AvgIpc) is 2.22. The lowest BCUT2D eigenvalue weighted by molar-refractivity contribution is 0.600. The molecule has 0 unspecified atom stereocenters. The highest BCUT2D eigenvalue weighted by molar-refractivity contribution is 8.01. The van der Waals surface area contributed by atoms with Crippen molar-refractivity contribution in [1.82, 2.24) is 10.2 Å². The molecule has 0 saturated heterocycles. The lowest BCUT2D eigenvalue weighted by Crippen LogP contribution is -2.23. The summed E-state index contributed by atoms with van der Waals surface area (Å²) < 4.78 is 0. The lowest BCUT2D eigenvalue weighted by atomic mass is 10.4. The fourth-order valence-corrected chi connectivity index (χ4v) is 1.07. The summed E-state index contributed by atoms with van der Waals surface area (Å²) in [6.07, 6.45) is 7.94. The van der Waals surface area contributed by atoms with Gasteiger partial charge in [-0.15, -0.1) is 11.8 Å². The minimum absolute atomic E-state index is 0.576. The molecule has 0 aromatic rings. The Kier molecular flexibility index (Phi) is 7.64. The highest BCUT2D eigenvalue weighted by atomic mass is 32.2. The maximum Gasteiger partial charge on any atom is 0.0860 e. The van der Waals surface area contributed by atoms with Gasteiger partial charge in [-0.05, 0) is 17.7 Å². The van der Waals surface area contributed by atoms with Crippen molar-refractivity contribution in [2.45, 2.75) is 0 Å². The molecule has 0 radical (unpaired) electrons. The van der Waals surface area contributed by atoms with Gasteiger partial charge >= 0.3 is 0 Å². The van der Waals surface area contributed by atoms with Crippen LogP contribution in [0.25, 0.3) is 0 Å². The summed E-state index contributed by atoms with van der Waals surface area (Å²) in [5, 5.41) is 19.0. The van der Waals surface area contributed by atoms with Crippen molar-refractivity contribution in [2.75, 3.05) is 19.8 Å². The van der Waals surface area contributed by atoms with Crippen LogP contribution in [0.1, 0.15) is 0 Å². The van der Waals surface area contributed by atoms with Crippen LogP contribution < -0.4 is 5.32 Å². The first-order valence-electron chi connectivity index (χ1n) is 4.11. The Balaban J connectivity index is 4.27. The van der Waals surface area contributed by atoms with Crippen LogP contribution >= 0.6 is 11.8 Å². The predicted molar refractivity (Wildman–Crippen MR) is 64.1 cm³/mol. The molecule has 0 rings (SSSR count). The normalized spacial score (nSPS) is 11.4. The molecule has 3 N–H and O–H groups in total. The van der Waals surface area contributed by atoms with Gasteiger partial charge in [0.2, 0.25) is 0 Å². The molecular weight excluding hydrogens is 196 g/mol. The molecular formula is C9H16N4S. The fraction of sp³-hybridized carbons (Fsp3) is 0.333. The Labute approximate surface area is 89.1 Å². The summed E-state index contributed by atoms with van der Waals surface area (Å²) >= 11 is 1.58. The van der Waals surface area contributed by atoms with Crippen molar-refractivity contribution < 1.29 is 0 Å². The molecule has 0 fully saturated rings. The first-order valence-corrected chi connectivity index (χ1v) is 5.40. The van der Waals surface area contributed by atoms with Crippen LogP contribution in [0.5, 0.6) is 0 Å². The van der Waals surface area contributed by atoms with E-state index in [1.807, 2.05) is 17.9 Å². The Morgan fingerprint density at radius 1 is 1.50 bits per heavy atom. The summed E-state index contributed by atoms with van der Waals surface area (Å²) in [4.78, 5) is 1.72. The van der Waals surface area contributed by atoms with Crippen molar-refractivity contribution in [3.63, 3.8) is 0 Å².